The van der Waals surface area contributed by atoms with Gasteiger partial charge in [0.2, 0.25) is 10.0 Å². The molecule has 0 radical (unpaired) electrons. The maximum Gasteiger partial charge on any atom is 0.255 e. The van der Waals surface area contributed by atoms with E-state index in [-0.39, 0.29) is 18.2 Å². The molecule has 0 bridgehead atoms. The van der Waals surface area contributed by atoms with E-state index in [1.807, 2.05) is 13.0 Å². The van der Waals surface area contributed by atoms with Crippen LogP contribution in [0, 0.1) is 12.8 Å². The molecule has 8 nitrogen and oxygen atoms in total. The molecule has 3 rings (SSSR count). The summed E-state index contributed by atoms with van der Waals surface area (Å²) in [6, 6.07) is 3.66. The van der Waals surface area contributed by atoms with Gasteiger partial charge in [-0.05, 0) is 44.2 Å². The number of nitrogens with zero attached hydrogens (tertiary/aromatic N) is 3. The second-order valence-corrected chi connectivity index (χ2v) is 8.18. The van der Waals surface area contributed by atoms with Crippen LogP contribution in [0.5, 0.6) is 0 Å². The summed E-state index contributed by atoms with van der Waals surface area (Å²) in [5, 5.41) is 5.10. The molecule has 25 heavy (non-hydrogen) atoms. The van der Waals surface area contributed by atoms with Gasteiger partial charge in [-0.3, -0.25) is 9.52 Å². The Morgan fingerprint density at radius 2 is 2.32 bits per heavy atom. The summed E-state index contributed by atoms with van der Waals surface area (Å²) in [7, 11) is -3.66. The van der Waals surface area contributed by atoms with Crippen molar-refractivity contribution in [2.24, 2.45) is 5.92 Å². The molecule has 0 aromatic carbocycles. The molecule has 1 fully saturated rings. The first kappa shape index (κ1) is 17.8. The van der Waals surface area contributed by atoms with Crippen LogP contribution in [0.15, 0.2) is 18.3 Å². The Hall–Kier alpha value is -2.00. The topological polar surface area (TPSA) is 103 Å². The van der Waals surface area contributed by atoms with Crippen molar-refractivity contribution >= 4 is 27.0 Å². The third-order valence-electron chi connectivity index (χ3n) is 4.30. The highest BCUT2D eigenvalue weighted by molar-refractivity contribution is 7.90. The molecule has 0 saturated carbocycles. The minimum absolute atomic E-state index is 0.0795. The minimum atomic E-state index is -3.66. The number of pyridine rings is 1. The van der Waals surface area contributed by atoms with E-state index in [1.54, 1.807) is 12.3 Å². The highest BCUT2D eigenvalue weighted by Gasteiger charge is 2.21. The van der Waals surface area contributed by atoms with E-state index in [1.165, 1.54) is 4.68 Å². The van der Waals surface area contributed by atoms with Gasteiger partial charge < -0.3 is 4.74 Å². The molecule has 1 unspecified atom stereocenters. The SMILES string of the molecule is Cc1nn(CC(=O)NS(=O)(=O)CCC2CCCOC2)c2ncccc12. The summed E-state index contributed by atoms with van der Waals surface area (Å²) in [6.07, 6.45) is 4.03. The van der Waals surface area contributed by atoms with E-state index in [0.29, 0.717) is 18.7 Å². The highest BCUT2D eigenvalue weighted by Crippen LogP contribution is 2.18. The van der Waals surface area contributed by atoms with Crippen LogP contribution in [-0.2, 0) is 26.1 Å². The summed E-state index contributed by atoms with van der Waals surface area (Å²) < 4.78 is 33.1. The van der Waals surface area contributed by atoms with Crippen molar-refractivity contribution in [3.05, 3.63) is 24.0 Å². The van der Waals surface area contributed by atoms with Crippen LogP contribution in [-0.4, -0.2) is 48.1 Å². The van der Waals surface area contributed by atoms with Crippen molar-refractivity contribution in [1.29, 1.82) is 0 Å². The van der Waals surface area contributed by atoms with Gasteiger partial charge in [-0.2, -0.15) is 5.10 Å². The molecular weight excluding hydrogens is 344 g/mol. The zero-order valence-corrected chi connectivity index (χ0v) is 15.0. The van der Waals surface area contributed by atoms with Crippen LogP contribution in [0.2, 0.25) is 0 Å². The molecule has 9 heteroatoms. The maximum absolute atomic E-state index is 12.1. The third kappa shape index (κ3) is 4.55. The Labute approximate surface area is 146 Å². The van der Waals surface area contributed by atoms with Crippen molar-refractivity contribution in [3.63, 3.8) is 0 Å². The molecule has 136 valence electrons. The maximum atomic E-state index is 12.1. The van der Waals surface area contributed by atoms with Crippen LogP contribution in [0.3, 0.4) is 0 Å². The first-order valence-corrected chi connectivity index (χ1v) is 9.99. The number of fused-ring (bicyclic) bond motifs is 1. The van der Waals surface area contributed by atoms with Crippen molar-refractivity contribution in [2.75, 3.05) is 19.0 Å². The molecule has 1 amide bonds. The zero-order valence-electron chi connectivity index (χ0n) is 14.1. The molecule has 0 aliphatic carbocycles. The highest BCUT2D eigenvalue weighted by atomic mass is 32.2. The molecule has 1 aliphatic rings. The average molecular weight is 366 g/mol. The number of hydrogen-bond acceptors (Lipinski definition) is 6. The number of nitrogens with one attached hydrogen (secondary N) is 1. The van der Waals surface area contributed by atoms with Gasteiger partial charge in [0.25, 0.3) is 5.91 Å². The van der Waals surface area contributed by atoms with Crippen LogP contribution < -0.4 is 4.72 Å². The van der Waals surface area contributed by atoms with E-state index < -0.39 is 15.9 Å². The third-order valence-corrected chi connectivity index (χ3v) is 5.62. The number of aromatic nitrogens is 3. The molecule has 1 N–H and O–H groups in total. The Morgan fingerprint density at radius 3 is 3.08 bits per heavy atom. The minimum Gasteiger partial charge on any atom is -0.381 e. The van der Waals surface area contributed by atoms with Gasteiger partial charge in [0.1, 0.15) is 6.54 Å². The summed E-state index contributed by atoms with van der Waals surface area (Å²) in [5.74, 6) is -0.457. The summed E-state index contributed by atoms with van der Waals surface area (Å²) in [6.45, 7) is 2.97. The van der Waals surface area contributed by atoms with Crippen LogP contribution >= 0.6 is 0 Å². The van der Waals surface area contributed by atoms with Gasteiger partial charge >= 0.3 is 0 Å². The lowest BCUT2D eigenvalue weighted by atomic mass is 10.00. The molecule has 3 heterocycles. The first-order chi connectivity index (χ1) is 11.9. The lowest BCUT2D eigenvalue weighted by Crippen LogP contribution is -2.36. The second-order valence-electron chi connectivity index (χ2n) is 6.33. The van der Waals surface area contributed by atoms with Crippen LogP contribution in [0.25, 0.3) is 11.0 Å². The van der Waals surface area contributed by atoms with Gasteiger partial charge in [-0.25, -0.2) is 18.1 Å². The second kappa shape index (κ2) is 7.49. The van der Waals surface area contributed by atoms with Crippen LogP contribution in [0.1, 0.15) is 25.0 Å². The predicted molar refractivity (Wildman–Crippen MR) is 92.4 cm³/mol. The Bertz CT molecular complexity index is 856. The van der Waals surface area contributed by atoms with Crippen molar-refractivity contribution < 1.29 is 17.9 Å². The van der Waals surface area contributed by atoms with Gasteiger partial charge in [0.05, 0.1) is 11.4 Å². The number of amides is 1. The van der Waals surface area contributed by atoms with E-state index in [4.69, 9.17) is 4.74 Å². The number of sulfonamides is 1. The van der Waals surface area contributed by atoms with Crippen molar-refractivity contribution in [3.8, 4) is 0 Å². The van der Waals surface area contributed by atoms with Crippen molar-refractivity contribution in [2.45, 2.75) is 32.7 Å². The monoisotopic (exact) mass is 366 g/mol. The smallest absolute Gasteiger partial charge is 0.255 e. The van der Waals surface area contributed by atoms with E-state index in [9.17, 15) is 13.2 Å². The lowest BCUT2D eigenvalue weighted by Gasteiger charge is -2.21. The Balaban J connectivity index is 1.59. The van der Waals surface area contributed by atoms with E-state index in [2.05, 4.69) is 14.8 Å². The number of ether oxygens (including phenoxy) is 1. The quantitative estimate of drug-likeness (QED) is 0.818. The summed E-state index contributed by atoms with van der Waals surface area (Å²) >= 11 is 0. The van der Waals surface area contributed by atoms with Crippen molar-refractivity contribution in [1.82, 2.24) is 19.5 Å². The molecule has 1 saturated heterocycles. The number of rotatable bonds is 6. The molecule has 0 spiro atoms. The number of carbonyl (C=O) groups is 1. The molecular formula is C16H22N4O4S. The van der Waals surface area contributed by atoms with E-state index in [0.717, 1.165) is 30.5 Å². The Morgan fingerprint density at radius 1 is 1.48 bits per heavy atom. The predicted octanol–water partition coefficient (Wildman–Crippen LogP) is 1.00. The number of hydrogen-bond donors (Lipinski definition) is 1. The summed E-state index contributed by atoms with van der Waals surface area (Å²) in [4.78, 5) is 16.3. The van der Waals surface area contributed by atoms with Gasteiger partial charge in [0.15, 0.2) is 5.65 Å². The van der Waals surface area contributed by atoms with Gasteiger partial charge in [-0.1, -0.05) is 0 Å². The van der Waals surface area contributed by atoms with E-state index >= 15 is 0 Å². The Kier molecular flexibility index (Phi) is 5.33. The summed E-state index contributed by atoms with van der Waals surface area (Å²) in [5.41, 5.74) is 1.31. The molecule has 2 aromatic heterocycles. The number of carbonyl (C=O) groups excluding carboxylic acids is 1. The molecule has 1 aliphatic heterocycles. The largest absolute Gasteiger partial charge is 0.381 e. The first-order valence-electron chi connectivity index (χ1n) is 8.34. The molecule has 1 atom stereocenters. The normalized spacial score (nSPS) is 18.4. The standard InChI is InChI=1S/C16H22N4O4S/c1-12-14-5-2-7-17-16(14)20(18-12)10-15(21)19-25(22,23)9-6-13-4-3-8-24-11-13/h2,5,7,13H,3-4,6,8-11H2,1H3,(H,19,21). The fourth-order valence-electron chi connectivity index (χ4n) is 3.03. The van der Waals surface area contributed by atoms with Crippen LogP contribution in [0.4, 0.5) is 0 Å². The molecule has 2 aromatic rings. The number of aryl methyl sites for hydroxylation is 1. The van der Waals surface area contributed by atoms with Gasteiger partial charge in [-0.15, -0.1) is 0 Å². The average Bonchev–Trinajstić information content (AvgIpc) is 2.90. The lowest BCUT2D eigenvalue weighted by molar-refractivity contribution is -0.120. The zero-order chi connectivity index (χ0) is 17.9. The fourth-order valence-corrected chi connectivity index (χ4v) is 4.18. The fraction of sp³-hybridized carbons (Fsp3) is 0.562. The van der Waals surface area contributed by atoms with Gasteiger partial charge in [0, 0.05) is 24.8 Å².